The zero-order valence-electron chi connectivity index (χ0n) is 6.73. The third kappa shape index (κ3) is 2.96. The van der Waals surface area contributed by atoms with Crippen molar-refractivity contribution in [3.05, 3.63) is 0 Å². The lowest BCUT2D eigenvalue weighted by molar-refractivity contribution is 0.476. The summed E-state index contributed by atoms with van der Waals surface area (Å²) in [7, 11) is 0. The van der Waals surface area contributed by atoms with Gasteiger partial charge in [-0.2, -0.15) is 5.26 Å². The smallest absolute Gasteiger partial charge is 0.0622 e. The molecule has 0 aliphatic heterocycles. The highest BCUT2D eigenvalue weighted by atomic mass is 127. The first-order valence-corrected chi connectivity index (χ1v) is 5.22. The summed E-state index contributed by atoms with van der Waals surface area (Å²) in [5.74, 6) is 0. The fourth-order valence-corrected chi connectivity index (χ4v) is 2.00. The van der Waals surface area contributed by atoms with Gasteiger partial charge >= 0.3 is 0 Å². The Morgan fingerprint density at radius 2 is 2.36 bits per heavy atom. The van der Waals surface area contributed by atoms with Gasteiger partial charge in [0.05, 0.1) is 10.1 Å². The normalized spacial score (nSPS) is 22.3. The summed E-state index contributed by atoms with van der Waals surface area (Å²) in [6.07, 6.45) is 4.22. The van der Waals surface area contributed by atoms with Crippen molar-refractivity contribution in [1.29, 1.82) is 5.26 Å². The fourth-order valence-electron chi connectivity index (χ4n) is 1.33. The second-order valence-corrected chi connectivity index (χ2v) is 5.07. The highest BCUT2D eigenvalue weighted by Crippen LogP contribution is 2.40. The Morgan fingerprint density at radius 1 is 1.73 bits per heavy atom. The summed E-state index contributed by atoms with van der Waals surface area (Å²) in [6.45, 7) is 2.15. The molecule has 0 saturated heterocycles. The Kier molecular flexibility index (Phi) is 3.14. The van der Waals surface area contributed by atoms with Crippen LogP contribution in [0, 0.1) is 11.3 Å². The van der Waals surface area contributed by atoms with Crippen molar-refractivity contribution < 1.29 is 0 Å². The third-order valence-corrected chi connectivity index (χ3v) is 2.39. The molecule has 0 amide bonds. The number of nitrogens with zero attached hydrogens (tertiary/aromatic N) is 1. The van der Waals surface area contributed by atoms with Gasteiger partial charge in [-0.25, -0.2) is 0 Å². The molecule has 2 nitrogen and oxygen atoms in total. The maximum Gasteiger partial charge on any atom is 0.0622 e. The molecular formula is C8H13IN2. The Hall–Kier alpha value is 0.180. The molecule has 0 aromatic rings. The Bertz CT molecular complexity index is 167. The van der Waals surface area contributed by atoms with Crippen LogP contribution >= 0.6 is 22.6 Å². The molecule has 3 heteroatoms. The molecule has 0 heterocycles. The van der Waals surface area contributed by atoms with E-state index in [0.717, 1.165) is 6.42 Å². The maximum absolute atomic E-state index is 8.41. The van der Waals surface area contributed by atoms with Crippen molar-refractivity contribution in [3.8, 4) is 6.07 Å². The quantitative estimate of drug-likeness (QED) is 0.480. The molecule has 11 heavy (non-hydrogen) atoms. The van der Waals surface area contributed by atoms with E-state index in [-0.39, 0.29) is 0 Å². The van der Waals surface area contributed by atoms with Crippen molar-refractivity contribution in [2.45, 2.75) is 42.2 Å². The van der Waals surface area contributed by atoms with E-state index in [1.807, 2.05) is 0 Å². The highest BCUT2D eigenvalue weighted by molar-refractivity contribution is 14.1. The van der Waals surface area contributed by atoms with E-state index in [1.165, 1.54) is 12.8 Å². The second-order valence-electron chi connectivity index (χ2n) is 3.20. The molecule has 0 aromatic carbocycles. The van der Waals surface area contributed by atoms with Crippen molar-refractivity contribution in [2.24, 2.45) is 0 Å². The SMILES string of the molecule is CC(I)NC1(CCC#N)CC1. The number of hydrogen-bond donors (Lipinski definition) is 1. The van der Waals surface area contributed by atoms with Gasteiger partial charge in [0.1, 0.15) is 0 Å². The summed E-state index contributed by atoms with van der Waals surface area (Å²) >= 11 is 2.37. The average molecular weight is 264 g/mol. The van der Waals surface area contributed by atoms with Crippen molar-refractivity contribution >= 4 is 22.6 Å². The van der Waals surface area contributed by atoms with Gasteiger partial charge in [0.25, 0.3) is 0 Å². The van der Waals surface area contributed by atoms with Crippen LogP contribution in [0.4, 0.5) is 0 Å². The molecule has 1 aliphatic rings. The fraction of sp³-hybridized carbons (Fsp3) is 0.875. The van der Waals surface area contributed by atoms with E-state index in [9.17, 15) is 0 Å². The Labute approximate surface area is 81.5 Å². The first-order valence-electron chi connectivity index (χ1n) is 3.97. The van der Waals surface area contributed by atoms with Gasteiger partial charge in [-0.3, -0.25) is 0 Å². The largest absolute Gasteiger partial charge is 0.300 e. The summed E-state index contributed by atoms with van der Waals surface area (Å²) in [5, 5.41) is 11.9. The van der Waals surface area contributed by atoms with E-state index >= 15 is 0 Å². The number of nitriles is 1. The third-order valence-electron chi connectivity index (χ3n) is 2.07. The van der Waals surface area contributed by atoms with Crippen molar-refractivity contribution in [2.75, 3.05) is 0 Å². The molecule has 1 N–H and O–H groups in total. The monoisotopic (exact) mass is 264 g/mol. The second kappa shape index (κ2) is 3.72. The van der Waals surface area contributed by atoms with Gasteiger partial charge in [0.15, 0.2) is 0 Å². The molecule has 1 atom stereocenters. The van der Waals surface area contributed by atoms with Crippen LogP contribution in [-0.2, 0) is 0 Å². The predicted octanol–water partition coefficient (Wildman–Crippen LogP) is 2.19. The van der Waals surface area contributed by atoms with Crippen LogP contribution in [0.1, 0.15) is 32.6 Å². The molecule has 0 spiro atoms. The van der Waals surface area contributed by atoms with Crippen LogP contribution < -0.4 is 5.32 Å². The minimum absolute atomic E-state index is 0.344. The minimum Gasteiger partial charge on any atom is -0.300 e. The molecule has 1 aliphatic carbocycles. The Balaban J connectivity index is 2.25. The predicted molar refractivity (Wildman–Crippen MR) is 53.4 cm³/mol. The maximum atomic E-state index is 8.41. The average Bonchev–Trinajstić information content (AvgIpc) is 2.64. The standard InChI is InChI=1S/C8H13IN2/c1-7(9)11-8(4-5-8)3-2-6-10/h7,11H,2-5H2,1H3. The molecule has 1 fully saturated rings. The van der Waals surface area contributed by atoms with Crippen LogP contribution in [0.15, 0.2) is 0 Å². The minimum atomic E-state index is 0.344. The summed E-state index contributed by atoms with van der Waals surface area (Å²) in [5.41, 5.74) is 0.344. The number of rotatable bonds is 4. The zero-order valence-corrected chi connectivity index (χ0v) is 8.89. The van der Waals surface area contributed by atoms with Crippen LogP contribution in [0.25, 0.3) is 0 Å². The van der Waals surface area contributed by atoms with Crippen LogP contribution in [0.5, 0.6) is 0 Å². The molecule has 0 bridgehead atoms. The van der Waals surface area contributed by atoms with E-state index in [0.29, 0.717) is 16.0 Å². The number of hydrogen-bond acceptors (Lipinski definition) is 2. The van der Waals surface area contributed by atoms with E-state index < -0.39 is 0 Å². The first kappa shape index (κ1) is 9.27. The van der Waals surface area contributed by atoms with Gasteiger partial charge in [-0.05, 0) is 26.2 Å². The summed E-state index contributed by atoms with van der Waals surface area (Å²) < 4.78 is 0.522. The molecule has 1 saturated carbocycles. The number of halogens is 1. The van der Waals surface area contributed by atoms with E-state index in [1.54, 1.807) is 0 Å². The highest BCUT2D eigenvalue weighted by Gasteiger charge is 2.42. The molecule has 62 valence electrons. The van der Waals surface area contributed by atoms with Crippen molar-refractivity contribution in [3.63, 3.8) is 0 Å². The topological polar surface area (TPSA) is 35.8 Å². The molecule has 0 aromatic heterocycles. The van der Waals surface area contributed by atoms with Gasteiger partial charge in [0, 0.05) is 12.0 Å². The van der Waals surface area contributed by atoms with Gasteiger partial charge in [-0.15, -0.1) is 0 Å². The molecular weight excluding hydrogens is 251 g/mol. The number of nitrogens with one attached hydrogen (secondary N) is 1. The molecule has 1 rings (SSSR count). The zero-order chi connectivity index (χ0) is 8.32. The lowest BCUT2D eigenvalue weighted by atomic mass is 10.1. The van der Waals surface area contributed by atoms with Crippen LogP contribution in [-0.4, -0.2) is 9.59 Å². The molecule has 1 unspecified atom stereocenters. The number of alkyl halides is 1. The summed E-state index contributed by atoms with van der Waals surface area (Å²) in [4.78, 5) is 0. The first-order chi connectivity index (χ1) is 5.18. The van der Waals surface area contributed by atoms with E-state index in [4.69, 9.17) is 5.26 Å². The van der Waals surface area contributed by atoms with Crippen molar-refractivity contribution in [1.82, 2.24) is 5.32 Å². The van der Waals surface area contributed by atoms with Gasteiger partial charge < -0.3 is 5.32 Å². The lowest BCUT2D eigenvalue weighted by Crippen LogP contribution is -2.34. The Morgan fingerprint density at radius 3 is 2.73 bits per heavy atom. The van der Waals surface area contributed by atoms with Crippen LogP contribution in [0.2, 0.25) is 0 Å². The van der Waals surface area contributed by atoms with E-state index in [2.05, 4.69) is 40.9 Å². The molecule has 0 radical (unpaired) electrons. The summed E-state index contributed by atoms with van der Waals surface area (Å²) in [6, 6.07) is 2.19. The van der Waals surface area contributed by atoms with Gasteiger partial charge in [0.2, 0.25) is 0 Å². The van der Waals surface area contributed by atoms with Gasteiger partial charge in [-0.1, -0.05) is 22.6 Å². The van der Waals surface area contributed by atoms with Crippen LogP contribution in [0.3, 0.4) is 0 Å². The lowest BCUT2D eigenvalue weighted by Gasteiger charge is -2.17.